The molecule has 0 aliphatic carbocycles. The number of carbonyl (C=O) groups is 1. The Bertz CT molecular complexity index is 1260. The average Bonchev–Trinajstić information content (AvgIpc) is 2.74. The summed E-state index contributed by atoms with van der Waals surface area (Å²) in [6.45, 7) is 0. The zero-order valence-electron chi connectivity index (χ0n) is 15.1. The van der Waals surface area contributed by atoms with E-state index in [4.69, 9.17) is 0 Å². The van der Waals surface area contributed by atoms with Crippen LogP contribution >= 0.6 is 0 Å². The molecule has 10 nitrogen and oxygen atoms in total. The largest absolute Gasteiger partial charge is 0.322 e. The fraction of sp³-hybridized carbons (Fsp3) is 0. The van der Waals surface area contributed by atoms with Crippen LogP contribution in [-0.4, -0.2) is 24.2 Å². The van der Waals surface area contributed by atoms with Gasteiger partial charge in [0.2, 0.25) is 9.84 Å². The molecule has 0 bridgehead atoms. The summed E-state index contributed by atoms with van der Waals surface area (Å²) in [7, 11) is -4.39. The van der Waals surface area contributed by atoms with Gasteiger partial charge in [-0.05, 0) is 30.3 Å². The minimum absolute atomic E-state index is 0.174. The van der Waals surface area contributed by atoms with E-state index in [9.17, 15) is 33.4 Å². The molecule has 30 heavy (non-hydrogen) atoms. The van der Waals surface area contributed by atoms with Crippen LogP contribution in [0.1, 0.15) is 10.4 Å². The van der Waals surface area contributed by atoms with Crippen molar-refractivity contribution in [1.29, 1.82) is 0 Å². The van der Waals surface area contributed by atoms with Gasteiger partial charge in [-0.3, -0.25) is 25.0 Å². The maximum absolute atomic E-state index is 13.1. The summed E-state index contributed by atoms with van der Waals surface area (Å²) in [5.41, 5.74) is -0.798. The molecule has 3 aromatic rings. The lowest BCUT2D eigenvalue weighted by Crippen LogP contribution is -2.17. The van der Waals surface area contributed by atoms with E-state index in [1.165, 1.54) is 60.7 Å². The van der Waals surface area contributed by atoms with Crippen LogP contribution in [0.3, 0.4) is 0 Å². The molecule has 3 rings (SSSR count). The fourth-order valence-electron chi connectivity index (χ4n) is 2.71. The maximum Gasteiger partial charge on any atom is 0.288 e. The lowest BCUT2D eigenvalue weighted by atomic mass is 10.2. The quantitative estimate of drug-likeness (QED) is 0.466. The molecule has 1 N–H and O–H groups in total. The molecular formula is C19H13N3O7S. The number of nitro benzene ring substituents is 2. The van der Waals surface area contributed by atoms with Gasteiger partial charge >= 0.3 is 0 Å². The molecule has 0 radical (unpaired) electrons. The first kappa shape index (κ1) is 20.6. The number of nitro groups is 2. The fourth-order valence-corrected chi connectivity index (χ4v) is 4.33. The van der Waals surface area contributed by atoms with Gasteiger partial charge in [0, 0.05) is 23.9 Å². The standard InChI is InChI=1S/C19H13N3O7S/c23-19(20-13-9-11-14(12-10-13)21(24)25)15-5-1-3-7-17(15)30(28,29)18-8-4-2-6-16(18)22(26)27/h1-12H,(H,20,23). The predicted molar refractivity (Wildman–Crippen MR) is 106 cm³/mol. The van der Waals surface area contributed by atoms with Gasteiger partial charge in [0.05, 0.1) is 20.3 Å². The molecule has 0 spiro atoms. The highest BCUT2D eigenvalue weighted by Gasteiger charge is 2.30. The number of nitrogens with one attached hydrogen (secondary N) is 1. The van der Waals surface area contributed by atoms with Crippen molar-refractivity contribution in [2.24, 2.45) is 0 Å². The molecular weight excluding hydrogens is 414 g/mol. The molecule has 0 aliphatic rings. The van der Waals surface area contributed by atoms with Gasteiger partial charge in [-0.15, -0.1) is 0 Å². The van der Waals surface area contributed by atoms with Crippen LogP contribution in [0, 0.1) is 20.2 Å². The van der Waals surface area contributed by atoms with Crippen LogP contribution in [0.25, 0.3) is 0 Å². The summed E-state index contributed by atoms with van der Waals surface area (Å²) in [5, 5.41) is 24.4. The van der Waals surface area contributed by atoms with E-state index < -0.39 is 41.1 Å². The second kappa shape index (κ2) is 8.09. The third-order valence-corrected chi connectivity index (χ3v) is 5.97. The smallest absolute Gasteiger partial charge is 0.288 e. The molecule has 3 aromatic carbocycles. The van der Waals surface area contributed by atoms with Gasteiger partial charge in [0.1, 0.15) is 4.90 Å². The van der Waals surface area contributed by atoms with Crippen LogP contribution in [0.2, 0.25) is 0 Å². The van der Waals surface area contributed by atoms with Crippen molar-refractivity contribution in [3.63, 3.8) is 0 Å². The number of carbonyl (C=O) groups excluding carboxylic acids is 1. The summed E-state index contributed by atoms with van der Waals surface area (Å²) in [6.07, 6.45) is 0. The number of sulfone groups is 1. The number of benzene rings is 3. The van der Waals surface area contributed by atoms with Crippen molar-refractivity contribution < 1.29 is 23.1 Å². The van der Waals surface area contributed by atoms with E-state index in [0.717, 1.165) is 12.1 Å². The van der Waals surface area contributed by atoms with Gasteiger partial charge in [-0.2, -0.15) is 0 Å². The minimum Gasteiger partial charge on any atom is -0.322 e. The lowest BCUT2D eigenvalue weighted by Gasteiger charge is -2.11. The Morgan fingerprint density at radius 1 is 0.767 bits per heavy atom. The number of hydrogen-bond acceptors (Lipinski definition) is 7. The zero-order valence-corrected chi connectivity index (χ0v) is 15.9. The number of nitrogens with zero attached hydrogens (tertiary/aromatic N) is 2. The molecule has 0 fully saturated rings. The average molecular weight is 427 g/mol. The number of non-ortho nitro benzene ring substituents is 1. The van der Waals surface area contributed by atoms with Crippen molar-refractivity contribution >= 4 is 32.8 Å². The SMILES string of the molecule is O=C(Nc1ccc([N+](=O)[O-])cc1)c1ccccc1S(=O)(=O)c1ccccc1[N+](=O)[O-]. The Morgan fingerprint density at radius 3 is 1.93 bits per heavy atom. The number of anilines is 1. The van der Waals surface area contributed by atoms with Crippen LogP contribution in [-0.2, 0) is 9.84 Å². The zero-order chi connectivity index (χ0) is 21.9. The third kappa shape index (κ3) is 4.00. The summed E-state index contributed by atoms with van der Waals surface area (Å²) >= 11 is 0. The predicted octanol–water partition coefficient (Wildman–Crippen LogP) is 3.59. The molecule has 0 aliphatic heterocycles. The van der Waals surface area contributed by atoms with Crippen molar-refractivity contribution in [3.8, 4) is 0 Å². The van der Waals surface area contributed by atoms with Crippen LogP contribution in [0.15, 0.2) is 82.6 Å². The molecule has 0 aromatic heterocycles. The molecule has 11 heteroatoms. The summed E-state index contributed by atoms with van der Waals surface area (Å²) in [5.74, 6) is -0.790. The summed E-state index contributed by atoms with van der Waals surface area (Å²) < 4.78 is 26.2. The van der Waals surface area contributed by atoms with Crippen molar-refractivity contribution in [2.75, 3.05) is 5.32 Å². The van der Waals surface area contributed by atoms with E-state index in [1.807, 2.05) is 0 Å². The molecule has 0 saturated carbocycles. The van der Waals surface area contributed by atoms with E-state index in [-0.39, 0.29) is 16.9 Å². The van der Waals surface area contributed by atoms with Gasteiger partial charge in [0.15, 0.2) is 0 Å². The highest BCUT2D eigenvalue weighted by Crippen LogP contribution is 2.31. The molecule has 1 amide bonds. The van der Waals surface area contributed by atoms with Crippen molar-refractivity contribution in [2.45, 2.75) is 9.79 Å². The second-order valence-corrected chi connectivity index (χ2v) is 7.87. The Kier molecular flexibility index (Phi) is 5.56. The highest BCUT2D eigenvalue weighted by atomic mass is 32.2. The Hall–Kier alpha value is -4.12. The van der Waals surface area contributed by atoms with Gasteiger partial charge in [-0.1, -0.05) is 24.3 Å². The molecule has 152 valence electrons. The summed E-state index contributed by atoms with van der Waals surface area (Å²) in [4.78, 5) is 32.3. The molecule has 0 heterocycles. The number of hydrogen-bond donors (Lipinski definition) is 1. The van der Waals surface area contributed by atoms with Gasteiger partial charge < -0.3 is 5.32 Å². The Labute approximate surface area is 170 Å². The first-order valence-corrected chi connectivity index (χ1v) is 9.83. The van der Waals surface area contributed by atoms with Crippen LogP contribution in [0.5, 0.6) is 0 Å². The van der Waals surface area contributed by atoms with E-state index >= 15 is 0 Å². The van der Waals surface area contributed by atoms with Crippen molar-refractivity contribution in [1.82, 2.24) is 0 Å². The second-order valence-electron chi connectivity index (χ2n) is 5.98. The van der Waals surface area contributed by atoms with Crippen LogP contribution < -0.4 is 5.32 Å². The maximum atomic E-state index is 13.1. The van der Waals surface area contributed by atoms with E-state index in [1.54, 1.807) is 0 Å². The molecule has 0 saturated heterocycles. The van der Waals surface area contributed by atoms with Crippen molar-refractivity contribution in [3.05, 3.63) is 98.6 Å². The van der Waals surface area contributed by atoms with E-state index in [0.29, 0.717) is 0 Å². The lowest BCUT2D eigenvalue weighted by molar-refractivity contribution is -0.387. The number of amides is 1. The minimum atomic E-state index is -4.39. The van der Waals surface area contributed by atoms with E-state index in [2.05, 4.69) is 5.32 Å². The molecule has 0 atom stereocenters. The number of para-hydroxylation sites is 1. The third-order valence-electron chi connectivity index (χ3n) is 4.11. The first-order valence-electron chi connectivity index (χ1n) is 8.35. The van der Waals surface area contributed by atoms with Gasteiger partial charge in [0.25, 0.3) is 17.3 Å². The topological polar surface area (TPSA) is 150 Å². The normalized spacial score (nSPS) is 10.9. The first-order chi connectivity index (χ1) is 14.2. The van der Waals surface area contributed by atoms with Gasteiger partial charge in [-0.25, -0.2) is 8.42 Å². The Morgan fingerprint density at radius 2 is 1.33 bits per heavy atom. The highest BCUT2D eigenvalue weighted by molar-refractivity contribution is 7.91. The number of rotatable bonds is 6. The molecule has 0 unspecified atom stereocenters. The summed E-state index contributed by atoms with van der Waals surface area (Å²) in [6, 6.07) is 15.1. The van der Waals surface area contributed by atoms with Crippen LogP contribution in [0.4, 0.5) is 17.1 Å². The monoisotopic (exact) mass is 427 g/mol. The Balaban J connectivity index is 2.01.